The molecule has 27 heavy (non-hydrogen) atoms. The maximum atomic E-state index is 12.2. The molecule has 3 N–H and O–H groups in total. The van der Waals surface area contributed by atoms with Gasteiger partial charge in [0.05, 0.1) is 23.7 Å². The predicted octanol–water partition coefficient (Wildman–Crippen LogP) is 1.78. The molecule has 1 aromatic heterocycles. The van der Waals surface area contributed by atoms with E-state index in [1.807, 2.05) is 48.5 Å². The highest BCUT2D eigenvalue weighted by Gasteiger charge is 2.22. The Labute approximate surface area is 155 Å². The number of nitrogens with one attached hydrogen (secondary N) is 2. The third-order valence-corrected chi connectivity index (χ3v) is 4.19. The highest BCUT2D eigenvalue weighted by Crippen LogP contribution is 2.17. The molecule has 134 valence electrons. The zero-order chi connectivity index (χ0) is 18.6. The van der Waals surface area contributed by atoms with Crippen LogP contribution in [0.1, 0.15) is 17.2 Å². The van der Waals surface area contributed by atoms with Crippen molar-refractivity contribution in [3.63, 3.8) is 0 Å². The van der Waals surface area contributed by atoms with Crippen LogP contribution in [-0.4, -0.2) is 33.5 Å². The summed E-state index contributed by atoms with van der Waals surface area (Å²) in [6.45, 7) is -0.124. The normalized spacial score (nSPS) is 16.3. The third kappa shape index (κ3) is 3.68. The number of aliphatic hydroxyl groups is 1. The number of aliphatic imine (C=N–C) groups is 1. The number of aromatic nitrogens is 2. The Balaban J connectivity index is 1.57. The summed E-state index contributed by atoms with van der Waals surface area (Å²) in [5.41, 5.74) is 3.53. The molecule has 2 heterocycles. The number of carbonyl (C=O) groups excluding carboxylic acids is 1. The van der Waals surface area contributed by atoms with E-state index in [4.69, 9.17) is 0 Å². The van der Waals surface area contributed by atoms with Gasteiger partial charge in [-0.3, -0.25) is 20.1 Å². The van der Waals surface area contributed by atoms with E-state index in [2.05, 4.69) is 25.6 Å². The van der Waals surface area contributed by atoms with Crippen LogP contribution in [0.3, 0.4) is 0 Å². The van der Waals surface area contributed by atoms with Crippen molar-refractivity contribution in [3.05, 3.63) is 77.7 Å². The monoisotopic (exact) mass is 359 g/mol. The van der Waals surface area contributed by atoms with Crippen LogP contribution in [0.2, 0.25) is 0 Å². The number of hydrogen-bond donors (Lipinski definition) is 3. The molecule has 1 unspecified atom stereocenters. The second-order valence-corrected chi connectivity index (χ2v) is 6.04. The Morgan fingerprint density at radius 2 is 1.85 bits per heavy atom. The van der Waals surface area contributed by atoms with E-state index in [-0.39, 0.29) is 24.3 Å². The second kappa shape index (κ2) is 7.35. The van der Waals surface area contributed by atoms with Crippen molar-refractivity contribution in [2.75, 3.05) is 6.61 Å². The Hall–Kier alpha value is -3.58. The van der Waals surface area contributed by atoms with E-state index >= 15 is 0 Å². The van der Waals surface area contributed by atoms with E-state index in [9.17, 15) is 9.90 Å². The summed E-state index contributed by atoms with van der Waals surface area (Å²) in [7, 11) is 0. The summed E-state index contributed by atoms with van der Waals surface area (Å²) in [4.78, 5) is 25.0. The van der Waals surface area contributed by atoms with Crippen LogP contribution in [-0.2, 0) is 4.79 Å². The van der Waals surface area contributed by atoms with Crippen molar-refractivity contribution in [2.24, 2.45) is 4.99 Å². The first-order valence-electron chi connectivity index (χ1n) is 8.48. The fraction of sp³-hybridized carbons (Fsp3) is 0.100. The molecule has 0 fully saturated rings. The molecule has 4 rings (SSSR count). The lowest BCUT2D eigenvalue weighted by Crippen LogP contribution is -2.39. The predicted molar refractivity (Wildman–Crippen MR) is 102 cm³/mol. The van der Waals surface area contributed by atoms with Gasteiger partial charge in [-0.25, -0.2) is 4.99 Å². The van der Waals surface area contributed by atoms with Gasteiger partial charge in [0, 0.05) is 12.4 Å². The van der Waals surface area contributed by atoms with Crippen molar-refractivity contribution in [3.8, 4) is 0 Å². The van der Waals surface area contributed by atoms with Crippen LogP contribution in [0.25, 0.3) is 17.1 Å². The molecule has 1 aliphatic rings. The van der Waals surface area contributed by atoms with Crippen molar-refractivity contribution in [2.45, 2.75) is 6.04 Å². The molecule has 1 amide bonds. The number of benzene rings is 2. The number of hydrogen-bond acceptors (Lipinski definition) is 6. The Morgan fingerprint density at radius 1 is 1.07 bits per heavy atom. The van der Waals surface area contributed by atoms with E-state index in [0.29, 0.717) is 5.96 Å². The molecule has 1 atom stereocenters. The lowest BCUT2D eigenvalue weighted by Gasteiger charge is -2.17. The van der Waals surface area contributed by atoms with Crippen molar-refractivity contribution in [1.82, 2.24) is 20.6 Å². The molecule has 0 aliphatic carbocycles. The van der Waals surface area contributed by atoms with Gasteiger partial charge in [-0.05, 0) is 29.3 Å². The molecule has 1 aliphatic heterocycles. The quantitative estimate of drug-likeness (QED) is 0.617. The van der Waals surface area contributed by atoms with Gasteiger partial charge >= 0.3 is 0 Å². The number of amides is 1. The molecule has 0 radical (unpaired) electrons. The SMILES string of the molecule is O=C1NC(NC(CO)c2ccccc2)=N/C1=C\c1ccc2nccnc2c1. The fourth-order valence-electron chi connectivity index (χ4n) is 2.85. The van der Waals surface area contributed by atoms with Crippen LogP contribution in [0.15, 0.2) is 71.6 Å². The largest absolute Gasteiger partial charge is 0.394 e. The first kappa shape index (κ1) is 16.9. The highest BCUT2D eigenvalue weighted by atomic mass is 16.3. The maximum absolute atomic E-state index is 12.2. The van der Waals surface area contributed by atoms with Gasteiger partial charge in [-0.2, -0.15) is 0 Å². The molecule has 0 bridgehead atoms. The van der Waals surface area contributed by atoms with Crippen LogP contribution in [0.4, 0.5) is 0 Å². The first-order chi connectivity index (χ1) is 13.2. The summed E-state index contributed by atoms with van der Waals surface area (Å²) in [6.07, 6.45) is 4.95. The smallest absolute Gasteiger partial charge is 0.276 e. The van der Waals surface area contributed by atoms with Crippen molar-refractivity contribution >= 4 is 29.0 Å². The first-order valence-corrected chi connectivity index (χ1v) is 8.48. The summed E-state index contributed by atoms with van der Waals surface area (Å²) in [5, 5.41) is 15.4. The molecule has 0 saturated carbocycles. The molecule has 0 saturated heterocycles. The highest BCUT2D eigenvalue weighted by molar-refractivity contribution is 6.13. The molecule has 7 nitrogen and oxygen atoms in total. The number of nitrogens with zero attached hydrogens (tertiary/aromatic N) is 3. The molecule has 2 aromatic carbocycles. The van der Waals surface area contributed by atoms with Gasteiger partial charge in [-0.15, -0.1) is 0 Å². The Bertz CT molecular complexity index is 1050. The molecular formula is C20H17N5O2. The summed E-state index contributed by atoms with van der Waals surface area (Å²) in [6, 6.07) is 14.7. The lowest BCUT2D eigenvalue weighted by molar-refractivity contribution is -0.115. The zero-order valence-electron chi connectivity index (χ0n) is 14.3. The van der Waals surface area contributed by atoms with Crippen molar-refractivity contribution < 1.29 is 9.90 Å². The molecular weight excluding hydrogens is 342 g/mol. The standard InChI is InChI=1S/C20H17N5O2/c26-12-18(14-4-2-1-3-5-14)24-20-23-17(19(27)25-20)11-13-6-7-15-16(10-13)22-9-8-21-15/h1-11,18,26H,12H2,(H2,23,24,25,27)/b17-11-. The van der Waals surface area contributed by atoms with Gasteiger partial charge < -0.3 is 10.4 Å². The Kier molecular flexibility index (Phi) is 4.59. The minimum absolute atomic E-state index is 0.124. The van der Waals surface area contributed by atoms with Crippen LogP contribution >= 0.6 is 0 Å². The number of guanidine groups is 1. The number of carbonyl (C=O) groups is 1. The summed E-state index contributed by atoms with van der Waals surface area (Å²) in [5.74, 6) is 0.0104. The maximum Gasteiger partial charge on any atom is 0.276 e. The average molecular weight is 359 g/mol. The van der Waals surface area contributed by atoms with Gasteiger partial charge in [-0.1, -0.05) is 36.4 Å². The fourth-order valence-corrected chi connectivity index (χ4v) is 2.85. The van der Waals surface area contributed by atoms with Crippen molar-refractivity contribution in [1.29, 1.82) is 0 Å². The topological polar surface area (TPSA) is 99.5 Å². The van der Waals surface area contributed by atoms with Gasteiger partial charge in [0.15, 0.2) is 0 Å². The molecule has 3 aromatic rings. The average Bonchev–Trinajstić information content (AvgIpc) is 3.05. The Morgan fingerprint density at radius 3 is 2.63 bits per heavy atom. The minimum Gasteiger partial charge on any atom is -0.394 e. The number of rotatable bonds is 4. The van der Waals surface area contributed by atoms with E-state index in [0.717, 1.165) is 22.2 Å². The summed E-state index contributed by atoms with van der Waals surface area (Å²) < 4.78 is 0. The van der Waals surface area contributed by atoms with Crippen LogP contribution in [0, 0.1) is 0 Å². The van der Waals surface area contributed by atoms with Crippen LogP contribution < -0.4 is 10.6 Å². The molecule has 7 heteroatoms. The van der Waals surface area contributed by atoms with E-state index in [1.54, 1.807) is 18.5 Å². The third-order valence-electron chi connectivity index (χ3n) is 4.19. The van der Waals surface area contributed by atoms with Gasteiger partial charge in [0.25, 0.3) is 5.91 Å². The number of fused-ring (bicyclic) bond motifs is 1. The van der Waals surface area contributed by atoms with Gasteiger partial charge in [0.1, 0.15) is 5.70 Å². The lowest BCUT2D eigenvalue weighted by atomic mass is 10.1. The molecule has 0 spiro atoms. The second-order valence-electron chi connectivity index (χ2n) is 6.04. The van der Waals surface area contributed by atoms with E-state index < -0.39 is 0 Å². The summed E-state index contributed by atoms with van der Waals surface area (Å²) >= 11 is 0. The zero-order valence-corrected chi connectivity index (χ0v) is 14.3. The number of aliphatic hydroxyl groups excluding tert-OH is 1. The van der Waals surface area contributed by atoms with Gasteiger partial charge in [0.2, 0.25) is 5.96 Å². The van der Waals surface area contributed by atoms with Crippen LogP contribution in [0.5, 0.6) is 0 Å². The minimum atomic E-state index is -0.361. The van der Waals surface area contributed by atoms with E-state index in [1.165, 1.54) is 0 Å².